The van der Waals surface area contributed by atoms with Gasteiger partial charge in [-0.3, -0.25) is 9.88 Å². The third-order valence-electron chi connectivity index (χ3n) is 5.16. The van der Waals surface area contributed by atoms with Crippen molar-refractivity contribution >= 4 is 5.97 Å². The summed E-state index contributed by atoms with van der Waals surface area (Å²) in [5, 5.41) is 9.19. The molecule has 0 saturated carbocycles. The molecule has 7 heteroatoms. The Bertz CT molecular complexity index is 941. The zero-order valence-corrected chi connectivity index (χ0v) is 15.6. The normalized spacial score (nSPS) is 17.5. The number of hydrogen-bond acceptors (Lipinski definition) is 5. The molecule has 4 rings (SSSR count). The summed E-state index contributed by atoms with van der Waals surface area (Å²) in [5.41, 5.74) is 3.17. The number of H-pyrrole nitrogens is 1. The molecular weight excluding hydrogens is 354 g/mol. The molecule has 1 atom stereocenters. The fourth-order valence-electron chi connectivity index (χ4n) is 3.90. The van der Waals surface area contributed by atoms with Crippen LogP contribution in [0.1, 0.15) is 34.5 Å². The molecule has 2 N–H and O–H groups in total. The number of piperidine rings is 1. The van der Waals surface area contributed by atoms with Gasteiger partial charge in [-0.1, -0.05) is 12.1 Å². The van der Waals surface area contributed by atoms with Gasteiger partial charge in [-0.2, -0.15) is 0 Å². The number of aromatic nitrogens is 4. The third-order valence-corrected chi connectivity index (χ3v) is 5.16. The Hall–Kier alpha value is -3.06. The predicted octanol–water partition coefficient (Wildman–Crippen LogP) is 3.02. The van der Waals surface area contributed by atoms with Crippen LogP contribution in [0.15, 0.2) is 49.1 Å². The number of aromatic amines is 1. The molecule has 3 aromatic rings. The lowest BCUT2D eigenvalue weighted by Gasteiger charge is -2.32. The Morgan fingerprint density at radius 1 is 1.21 bits per heavy atom. The topological polar surface area (TPSA) is 95.0 Å². The predicted molar refractivity (Wildman–Crippen MR) is 105 cm³/mol. The Balaban J connectivity index is 1.44. The van der Waals surface area contributed by atoms with Crippen LogP contribution in [0.2, 0.25) is 0 Å². The standard InChI is InChI=1S/C21H23N5O2/c27-21(28)17-5-1-3-15(11-17)13-26-10-2-4-16(14-26)12-18-19(23-7-6-22-18)20-24-8-9-25-20/h1,3,5-9,11,16H,2,4,10,12-14H2,(H,24,25)(H,27,28)/t16-/m0/s1. The first-order chi connectivity index (χ1) is 13.7. The molecular formula is C21H23N5O2. The van der Waals surface area contributed by atoms with E-state index in [0.29, 0.717) is 11.5 Å². The summed E-state index contributed by atoms with van der Waals surface area (Å²) in [6.07, 6.45) is 10.1. The van der Waals surface area contributed by atoms with Crippen molar-refractivity contribution in [2.24, 2.45) is 5.92 Å². The monoisotopic (exact) mass is 377 g/mol. The maximum atomic E-state index is 11.2. The van der Waals surface area contributed by atoms with E-state index in [9.17, 15) is 9.90 Å². The Morgan fingerprint density at radius 3 is 2.93 bits per heavy atom. The highest BCUT2D eigenvalue weighted by Gasteiger charge is 2.23. The minimum atomic E-state index is -0.883. The first-order valence-corrected chi connectivity index (χ1v) is 9.53. The molecule has 0 aliphatic carbocycles. The van der Waals surface area contributed by atoms with Crippen LogP contribution < -0.4 is 0 Å². The van der Waals surface area contributed by atoms with Crippen molar-refractivity contribution in [3.8, 4) is 11.5 Å². The van der Waals surface area contributed by atoms with Crippen LogP contribution in [0.4, 0.5) is 0 Å². The molecule has 0 unspecified atom stereocenters. The van der Waals surface area contributed by atoms with Gasteiger partial charge in [0.25, 0.3) is 0 Å². The van der Waals surface area contributed by atoms with E-state index in [0.717, 1.165) is 61.7 Å². The van der Waals surface area contributed by atoms with Gasteiger partial charge >= 0.3 is 5.97 Å². The van der Waals surface area contributed by atoms with E-state index in [1.165, 1.54) is 0 Å². The van der Waals surface area contributed by atoms with Crippen molar-refractivity contribution in [3.05, 3.63) is 65.9 Å². The molecule has 2 aromatic heterocycles. The second kappa shape index (κ2) is 8.31. The fraction of sp³-hybridized carbons (Fsp3) is 0.333. The molecule has 1 aliphatic heterocycles. The summed E-state index contributed by atoms with van der Waals surface area (Å²) in [5.74, 6) is 0.356. The molecule has 3 heterocycles. The van der Waals surface area contributed by atoms with Crippen LogP contribution in [-0.2, 0) is 13.0 Å². The lowest BCUT2D eigenvalue weighted by atomic mass is 9.92. The second-order valence-corrected chi connectivity index (χ2v) is 7.24. The summed E-state index contributed by atoms with van der Waals surface area (Å²) < 4.78 is 0. The third kappa shape index (κ3) is 4.26. The molecule has 0 radical (unpaired) electrons. The average Bonchev–Trinajstić information content (AvgIpc) is 3.23. The van der Waals surface area contributed by atoms with Crippen LogP contribution in [0.5, 0.6) is 0 Å². The van der Waals surface area contributed by atoms with Crippen LogP contribution >= 0.6 is 0 Å². The van der Waals surface area contributed by atoms with Crippen LogP contribution in [-0.4, -0.2) is 49.0 Å². The van der Waals surface area contributed by atoms with Crippen molar-refractivity contribution in [2.45, 2.75) is 25.8 Å². The zero-order valence-electron chi connectivity index (χ0n) is 15.6. The van der Waals surface area contributed by atoms with E-state index in [-0.39, 0.29) is 0 Å². The summed E-state index contributed by atoms with van der Waals surface area (Å²) in [7, 11) is 0. The molecule has 144 valence electrons. The maximum Gasteiger partial charge on any atom is 0.335 e. The minimum absolute atomic E-state index is 0.341. The quantitative estimate of drug-likeness (QED) is 0.686. The van der Waals surface area contributed by atoms with Gasteiger partial charge in [-0.05, 0) is 49.4 Å². The number of carboxylic acids is 1. The number of carbonyl (C=O) groups is 1. The molecule has 0 amide bonds. The lowest BCUT2D eigenvalue weighted by molar-refractivity contribution is 0.0696. The van der Waals surface area contributed by atoms with E-state index in [1.54, 1.807) is 36.9 Å². The molecule has 1 fully saturated rings. The number of likely N-dealkylation sites (tertiary alicyclic amines) is 1. The van der Waals surface area contributed by atoms with Gasteiger partial charge in [0, 0.05) is 37.9 Å². The van der Waals surface area contributed by atoms with Gasteiger partial charge in [-0.25, -0.2) is 14.8 Å². The van der Waals surface area contributed by atoms with E-state index >= 15 is 0 Å². The number of aromatic carboxylic acids is 1. The summed E-state index contributed by atoms with van der Waals surface area (Å²) in [4.78, 5) is 30.1. The Morgan fingerprint density at radius 2 is 2.11 bits per heavy atom. The van der Waals surface area contributed by atoms with Crippen molar-refractivity contribution in [2.75, 3.05) is 13.1 Å². The maximum absolute atomic E-state index is 11.2. The fourth-order valence-corrected chi connectivity index (χ4v) is 3.90. The summed E-state index contributed by atoms with van der Waals surface area (Å²) in [6.45, 7) is 2.76. The van der Waals surface area contributed by atoms with Crippen molar-refractivity contribution in [3.63, 3.8) is 0 Å². The summed E-state index contributed by atoms with van der Waals surface area (Å²) >= 11 is 0. The van der Waals surface area contributed by atoms with Crippen molar-refractivity contribution < 1.29 is 9.90 Å². The van der Waals surface area contributed by atoms with Crippen molar-refractivity contribution in [1.82, 2.24) is 24.8 Å². The number of rotatable bonds is 6. The first kappa shape index (κ1) is 18.3. The molecule has 0 bridgehead atoms. The largest absolute Gasteiger partial charge is 0.478 e. The van der Waals surface area contributed by atoms with Crippen LogP contribution in [0.3, 0.4) is 0 Å². The molecule has 0 spiro atoms. The molecule has 1 aliphatic rings. The number of hydrogen-bond donors (Lipinski definition) is 2. The molecule has 7 nitrogen and oxygen atoms in total. The van der Waals surface area contributed by atoms with Crippen LogP contribution in [0, 0.1) is 5.92 Å². The van der Waals surface area contributed by atoms with Gasteiger partial charge in [0.15, 0.2) is 5.82 Å². The van der Waals surface area contributed by atoms with E-state index in [2.05, 4.69) is 24.8 Å². The van der Waals surface area contributed by atoms with Gasteiger partial charge in [0.1, 0.15) is 5.69 Å². The number of carboxylic acid groups (broad SMARTS) is 1. The number of nitrogens with zero attached hydrogens (tertiary/aromatic N) is 4. The van der Waals surface area contributed by atoms with Crippen LogP contribution in [0.25, 0.3) is 11.5 Å². The average molecular weight is 377 g/mol. The van der Waals surface area contributed by atoms with E-state index in [4.69, 9.17) is 0 Å². The second-order valence-electron chi connectivity index (χ2n) is 7.24. The Kier molecular flexibility index (Phi) is 5.43. The highest BCUT2D eigenvalue weighted by Crippen LogP contribution is 2.25. The molecule has 1 saturated heterocycles. The first-order valence-electron chi connectivity index (χ1n) is 9.53. The molecule has 28 heavy (non-hydrogen) atoms. The van der Waals surface area contributed by atoms with E-state index < -0.39 is 5.97 Å². The minimum Gasteiger partial charge on any atom is -0.478 e. The van der Waals surface area contributed by atoms with Gasteiger partial charge in [0.05, 0.1) is 11.3 Å². The van der Waals surface area contributed by atoms with Crippen molar-refractivity contribution in [1.29, 1.82) is 0 Å². The number of benzene rings is 1. The Labute approximate surface area is 163 Å². The van der Waals surface area contributed by atoms with E-state index in [1.807, 2.05) is 12.1 Å². The highest BCUT2D eigenvalue weighted by atomic mass is 16.4. The zero-order chi connectivity index (χ0) is 19.3. The number of nitrogens with one attached hydrogen (secondary N) is 1. The molecule has 1 aromatic carbocycles. The SMILES string of the molecule is O=C(O)c1cccc(CN2CCC[C@@H](Cc3nccnc3-c3ncc[nH]3)C2)c1. The lowest BCUT2D eigenvalue weighted by Crippen LogP contribution is -2.36. The van der Waals surface area contributed by atoms with Gasteiger partial charge < -0.3 is 10.1 Å². The van der Waals surface area contributed by atoms with Gasteiger partial charge in [-0.15, -0.1) is 0 Å². The smallest absolute Gasteiger partial charge is 0.335 e. The highest BCUT2D eigenvalue weighted by molar-refractivity contribution is 5.87. The number of imidazole rings is 1. The summed E-state index contributed by atoms with van der Waals surface area (Å²) in [6, 6.07) is 7.21. The van der Waals surface area contributed by atoms with Gasteiger partial charge in [0.2, 0.25) is 0 Å².